The second-order valence-electron chi connectivity index (χ2n) is 13.7. The van der Waals surface area contributed by atoms with Crippen LogP contribution >= 0.6 is 11.3 Å². The molecule has 10 nitrogen and oxygen atoms in total. The van der Waals surface area contributed by atoms with E-state index in [1.54, 1.807) is 31.3 Å². The summed E-state index contributed by atoms with van der Waals surface area (Å²) >= 11 is 1.35. The molecule has 0 aliphatic heterocycles. The number of thiazole rings is 1. The smallest absolute Gasteiger partial charge is 0.407 e. The van der Waals surface area contributed by atoms with Gasteiger partial charge in [-0.25, -0.2) is 9.78 Å². The number of aromatic nitrogens is 2. The van der Waals surface area contributed by atoms with Crippen molar-refractivity contribution in [2.45, 2.75) is 84.5 Å². The summed E-state index contributed by atoms with van der Waals surface area (Å²) in [5.74, 6) is -0.434. The number of ether oxygens (including phenoxy) is 1. The van der Waals surface area contributed by atoms with E-state index in [0.717, 1.165) is 46.5 Å². The van der Waals surface area contributed by atoms with Crippen LogP contribution in [0.25, 0.3) is 22.4 Å². The lowest BCUT2D eigenvalue weighted by molar-refractivity contribution is -0.118. The Hall–Kier alpha value is -4.61. The predicted octanol–water partition coefficient (Wildman–Crippen LogP) is 7.31. The first-order valence-corrected chi connectivity index (χ1v) is 17.4. The molecule has 0 bridgehead atoms. The molecule has 0 aliphatic carbocycles. The quantitative estimate of drug-likeness (QED) is 0.101. The van der Waals surface area contributed by atoms with E-state index in [0.29, 0.717) is 17.2 Å². The molecular formula is C38H47N5O5S. The van der Waals surface area contributed by atoms with Crippen LogP contribution in [0.1, 0.15) is 88.8 Å². The Morgan fingerprint density at radius 3 is 2.37 bits per heavy atom. The lowest BCUT2D eigenvalue weighted by Gasteiger charge is -2.27. The van der Waals surface area contributed by atoms with Crippen LogP contribution in [0.5, 0.6) is 0 Å². The number of carbonyl (C=O) groups excluding carboxylic acids is 3. The van der Waals surface area contributed by atoms with Gasteiger partial charge in [0.15, 0.2) is 5.13 Å². The van der Waals surface area contributed by atoms with Gasteiger partial charge < -0.3 is 25.8 Å². The molecule has 2 aromatic carbocycles. The van der Waals surface area contributed by atoms with Gasteiger partial charge in [0.05, 0.1) is 23.9 Å². The minimum absolute atomic E-state index is 0.0410. The van der Waals surface area contributed by atoms with E-state index in [4.69, 9.17) is 4.74 Å². The highest BCUT2D eigenvalue weighted by atomic mass is 32.1. The van der Waals surface area contributed by atoms with Gasteiger partial charge in [-0.15, -0.1) is 11.3 Å². The lowest BCUT2D eigenvalue weighted by Crippen LogP contribution is -2.40. The highest BCUT2D eigenvalue weighted by molar-refractivity contribution is 7.14. The predicted molar refractivity (Wildman–Crippen MR) is 195 cm³/mol. The van der Waals surface area contributed by atoms with Gasteiger partial charge >= 0.3 is 6.09 Å². The Balaban J connectivity index is 1.35. The number of alkyl carbamates (subject to hydrolysis) is 1. The third-order valence-corrected chi connectivity index (χ3v) is 8.70. The largest absolute Gasteiger partial charge is 0.444 e. The zero-order valence-electron chi connectivity index (χ0n) is 29.3. The Morgan fingerprint density at radius 1 is 0.939 bits per heavy atom. The number of Topliss-reactive ketones (excluding diaryl/α,β-unsaturated/α-hetero) is 1. The first-order valence-electron chi connectivity index (χ1n) is 16.5. The molecule has 0 fully saturated rings. The van der Waals surface area contributed by atoms with Gasteiger partial charge in [-0.05, 0) is 81.1 Å². The second kappa shape index (κ2) is 16.2. The first kappa shape index (κ1) is 37.2. The van der Waals surface area contributed by atoms with Gasteiger partial charge in [0, 0.05) is 34.7 Å². The zero-order chi connectivity index (χ0) is 35.8. The van der Waals surface area contributed by atoms with Gasteiger partial charge in [-0.3, -0.25) is 14.6 Å². The summed E-state index contributed by atoms with van der Waals surface area (Å²) in [7, 11) is 0. The number of rotatable bonds is 14. The van der Waals surface area contributed by atoms with E-state index in [2.05, 4.69) is 32.8 Å². The molecule has 0 saturated carbocycles. The molecule has 0 saturated heterocycles. The average molecular weight is 686 g/mol. The van der Waals surface area contributed by atoms with Crippen molar-refractivity contribution in [1.29, 1.82) is 0 Å². The van der Waals surface area contributed by atoms with Crippen molar-refractivity contribution in [1.82, 2.24) is 20.6 Å². The molecule has 11 heteroatoms. The number of hydrogen-bond acceptors (Lipinski definition) is 9. The number of hydrogen-bond donors (Lipinski definition) is 4. The maximum atomic E-state index is 13.0. The Kier molecular flexibility index (Phi) is 12.3. The Bertz CT molecular complexity index is 1760. The van der Waals surface area contributed by atoms with Crippen molar-refractivity contribution in [3.05, 3.63) is 89.1 Å². The van der Waals surface area contributed by atoms with Crippen LogP contribution in [-0.4, -0.2) is 57.8 Å². The number of carbonyl (C=O) groups is 3. The summed E-state index contributed by atoms with van der Waals surface area (Å²) in [5, 5.41) is 21.6. The van der Waals surface area contributed by atoms with E-state index in [1.807, 2.05) is 82.5 Å². The summed E-state index contributed by atoms with van der Waals surface area (Å²) in [6.07, 6.45) is 1.84. The molecule has 0 radical (unpaired) electrons. The first-order chi connectivity index (χ1) is 23.1. The lowest BCUT2D eigenvalue weighted by atomic mass is 9.84. The molecule has 260 valence electrons. The summed E-state index contributed by atoms with van der Waals surface area (Å²) in [5.41, 5.74) is 4.63. The third-order valence-electron chi connectivity index (χ3n) is 7.93. The van der Waals surface area contributed by atoms with Gasteiger partial charge in [0.2, 0.25) is 0 Å². The van der Waals surface area contributed by atoms with E-state index >= 15 is 0 Å². The van der Waals surface area contributed by atoms with Crippen LogP contribution in [0.2, 0.25) is 0 Å². The monoisotopic (exact) mass is 685 g/mol. The van der Waals surface area contributed by atoms with Crippen LogP contribution in [0.3, 0.4) is 0 Å². The summed E-state index contributed by atoms with van der Waals surface area (Å²) in [6, 6.07) is 19.1. The minimum Gasteiger partial charge on any atom is -0.444 e. The maximum Gasteiger partial charge on any atom is 0.407 e. The number of nitrogens with one attached hydrogen (secondary N) is 3. The van der Waals surface area contributed by atoms with Gasteiger partial charge in [0.1, 0.15) is 17.6 Å². The van der Waals surface area contributed by atoms with Crippen LogP contribution in [-0.2, 0) is 14.9 Å². The van der Waals surface area contributed by atoms with Gasteiger partial charge in [-0.2, -0.15) is 0 Å². The number of anilines is 1. The van der Waals surface area contributed by atoms with Gasteiger partial charge in [0.25, 0.3) is 5.91 Å². The van der Waals surface area contributed by atoms with E-state index in [-0.39, 0.29) is 24.2 Å². The number of aliphatic hydroxyl groups is 1. The Morgan fingerprint density at radius 2 is 1.65 bits per heavy atom. The van der Waals surface area contributed by atoms with Crippen molar-refractivity contribution >= 4 is 34.3 Å². The maximum absolute atomic E-state index is 13.0. The number of nitrogens with zero attached hydrogens (tertiary/aromatic N) is 2. The number of amides is 2. The summed E-state index contributed by atoms with van der Waals surface area (Å²) < 4.78 is 5.34. The standard InChI is InChI=1S/C38H47N5O5S/c1-8-11-30(24(2)44)31-20-26(16-17-39-31)25-12-9-13-27(18-25)32-22-49-35(42-32)43-33(45)21-40-34(46)28-14-10-15-29(19-28)38(6,7)23-41-36(47)48-37(3,4)5/h9-10,12-20,22,30,33,45H,8,11,21,23H2,1-7H3,(H,40,46)(H,41,47)(H,42,43). The number of ketones is 1. The average Bonchev–Trinajstić information content (AvgIpc) is 3.53. The molecular weight excluding hydrogens is 639 g/mol. The van der Waals surface area contributed by atoms with Gasteiger partial charge in [-0.1, -0.05) is 57.5 Å². The fourth-order valence-electron chi connectivity index (χ4n) is 5.27. The van der Waals surface area contributed by atoms with Crippen molar-refractivity contribution in [2.24, 2.45) is 0 Å². The zero-order valence-corrected chi connectivity index (χ0v) is 30.1. The number of benzene rings is 2. The second-order valence-corrected chi connectivity index (χ2v) is 14.6. The Labute approximate surface area is 292 Å². The van der Waals surface area contributed by atoms with Crippen molar-refractivity contribution < 1.29 is 24.2 Å². The number of pyridine rings is 1. The fourth-order valence-corrected chi connectivity index (χ4v) is 6.04. The normalized spacial score (nSPS) is 12.9. The summed E-state index contributed by atoms with van der Waals surface area (Å²) in [4.78, 5) is 46.5. The van der Waals surface area contributed by atoms with E-state index in [9.17, 15) is 19.5 Å². The third kappa shape index (κ3) is 10.7. The molecule has 4 rings (SSSR count). The minimum atomic E-state index is -1.07. The molecule has 0 spiro atoms. The van der Waals surface area contributed by atoms with E-state index < -0.39 is 23.3 Å². The number of aliphatic hydroxyl groups excluding tert-OH is 1. The molecule has 0 aliphatic rings. The molecule has 2 heterocycles. The molecule has 2 unspecified atom stereocenters. The van der Waals surface area contributed by atoms with E-state index in [1.165, 1.54) is 11.3 Å². The van der Waals surface area contributed by atoms with Crippen molar-refractivity contribution in [2.75, 3.05) is 18.4 Å². The highest BCUT2D eigenvalue weighted by Crippen LogP contribution is 2.31. The summed E-state index contributed by atoms with van der Waals surface area (Å²) in [6.45, 7) is 13.3. The van der Waals surface area contributed by atoms with Crippen molar-refractivity contribution in [3.8, 4) is 22.4 Å². The highest BCUT2D eigenvalue weighted by Gasteiger charge is 2.25. The van der Waals surface area contributed by atoms with Crippen LogP contribution in [0.15, 0.2) is 72.2 Å². The van der Waals surface area contributed by atoms with Crippen molar-refractivity contribution in [3.63, 3.8) is 0 Å². The van der Waals surface area contributed by atoms with Crippen LogP contribution in [0, 0.1) is 0 Å². The molecule has 2 amide bonds. The topological polar surface area (TPSA) is 143 Å². The molecule has 2 atom stereocenters. The van der Waals surface area contributed by atoms with Crippen LogP contribution in [0.4, 0.5) is 9.93 Å². The molecule has 2 aromatic heterocycles. The molecule has 4 N–H and O–H groups in total. The SMILES string of the molecule is CCCC(C(C)=O)c1cc(-c2cccc(-c3csc(NC(O)CNC(=O)c4cccc(C(C)(C)CNC(=O)OC(C)(C)C)c4)n3)c2)ccn1. The molecule has 49 heavy (non-hydrogen) atoms. The van der Waals surface area contributed by atoms with Crippen LogP contribution < -0.4 is 16.0 Å². The molecule has 4 aromatic rings. The fraction of sp³-hybridized carbons (Fsp3) is 0.395.